The molecule has 2 aromatic heterocycles. The van der Waals surface area contributed by atoms with Crippen LogP contribution in [0.3, 0.4) is 0 Å². The number of benzene rings is 3. The van der Waals surface area contributed by atoms with E-state index in [0.29, 0.717) is 23.9 Å². The first-order valence-corrected chi connectivity index (χ1v) is 13.7. The average molecular weight is 537 g/mol. The lowest BCUT2D eigenvalue weighted by Gasteiger charge is -2.17. The Morgan fingerprint density at radius 2 is 1.75 bits per heavy atom. The average Bonchev–Trinajstić information content (AvgIpc) is 3.57. The van der Waals surface area contributed by atoms with E-state index in [-0.39, 0.29) is 18.1 Å². The second kappa shape index (κ2) is 11.3. The van der Waals surface area contributed by atoms with Crippen molar-refractivity contribution < 1.29 is 9.53 Å². The Morgan fingerprint density at radius 1 is 0.975 bits per heavy atom. The van der Waals surface area contributed by atoms with Crippen LogP contribution < -0.4 is 10.1 Å². The predicted molar refractivity (Wildman–Crippen MR) is 157 cm³/mol. The van der Waals surface area contributed by atoms with Crippen LogP contribution in [-0.2, 0) is 6.54 Å². The predicted octanol–water partition coefficient (Wildman–Crippen LogP) is 6.57. The van der Waals surface area contributed by atoms with Crippen molar-refractivity contribution in [2.75, 3.05) is 0 Å². The van der Waals surface area contributed by atoms with Crippen molar-refractivity contribution in [3.05, 3.63) is 106 Å². The lowest BCUT2D eigenvalue weighted by atomic mass is 9.98. The van der Waals surface area contributed by atoms with E-state index in [4.69, 9.17) is 4.74 Å². The molecule has 0 aliphatic carbocycles. The summed E-state index contributed by atoms with van der Waals surface area (Å²) in [5.74, 6) is 1.62. The number of carbonyl (C=O) groups excluding carboxylic acids is 1. The molecule has 5 rings (SSSR count). The number of carbonyl (C=O) groups is 1. The minimum atomic E-state index is -0.322. The van der Waals surface area contributed by atoms with Crippen molar-refractivity contribution in [2.24, 2.45) is 0 Å². The van der Waals surface area contributed by atoms with Gasteiger partial charge in [-0.25, -0.2) is 0 Å². The fourth-order valence-electron chi connectivity index (χ4n) is 5.04. The summed E-state index contributed by atoms with van der Waals surface area (Å²) in [6.07, 6.45) is -0.322. The van der Waals surface area contributed by atoms with Gasteiger partial charge in [0, 0.05) is 28.7 Å². The molecular formula is C32H36N6O2. The van der Waals surface area contributed by atoms with Gasteiger partial charge in [0.15, 0.2) is 6.10 Å². The van der Waals surface area contributed by atoms with Crippen LogP contribution in [-0.4, -0.2) is 31.1 Å². The van der Waals surface area contributed by atoms with Gasteiger partial charge in [-0.05, 0) is 86.2 Å². The van der Waals surface area contributed by atoms with Gasteiger partial charge in [0.05, 0.1) is 6.04 Å². The molecule has 0 unspecified atom stereocenters. The molecule has 0 saturated carbocycles. The maximum Gasteiger partial charge on any atom is 0.251 e. The molecule has 8 heteroatoms. The zero-order valence-electron chi connectivity index (χ0n) is 23.9. The quantitative estimate of drug-likeness (QED) is 0.222. The van der Waals surface area contributed by atoms with E-state index in [2.05, 4.69) is 88.5 Å². The molecule has 2 heterocycles. The topological polar surface area (TPSA) is 97.7 Å². The van der Waals surface area contributed by atoms with Crippen LogP contribution in [0.25, 0.3) is 10.9 Å². The third kappa shape index (κ3) is 5.61. The van der Waals surface area contributed by atoms with E-state index in [9.17, 15) is 4.79 Å². The highest BCUT2D eigenvalue weighted by Crippen LogP contribution is 2.29. The van der Waals surface area contributed by atoms with Crippen LogP contribution in [0, 0.1) is 13.8 Å². The zero-order chi connectivity index (χ0) is 28.4. The largest absolute Gasteiger partial charge is 0.483 e. The van der Waals surface area contributed by atoms with Gasteiger partial charge < -0.3 is 14.6 Å². The first kappa shape index (κ1) is 27.1. The third-order valence-corrected chi connectivity index (χ3v) is 7.60. The lowest BCUT2D eigenvalue weighted by molar-refractivity contribution is 0.0940. The van der Waals surface area contributed by atoms with Gasteiger partial charge in [0.25, 0.3) is 5.91 Å². The number of ether oxygens (including phenoxy) is 1. The maximum absolute atomic E-state index is 13.2. The fourth-order valence-corrected chi connectivity index (χ4v) is 5.04. The number of nitrogens with zero attached hydrogens (tertiary/aromatic N) is 4. The summed E-state index contributed by atoms with van der Waals surface area (Å²) in [7, 11) is 0. The van der Waals surface area contributed by atoms with E-state index in [1.165, 1.54) is 11.1 Å². The Kier molecular flexibility index (Phi) is 7.69. The molecule has 0 bridgehead atoms. The third-order valence-electron chi connectivity index (χ3n) is 7.60. The van der Waals surface area contributed by atoms with Gasteiger partial charge in [0.1, 0.15) is 5.75 Å². The van der Waals surface area contributed by atoms with E-state index in [1.807, 2.05) is 50.2 Å². The number of rotatable bonds is 9. The Bertz CT molecular complexity index is 1640. The van der Waals surface area contributed by atoms with Crippen molar-refractivity contribution in [3.63, 3.8) is 0 Å². The summed E-state index contributed by atoms with van der Waals surface area (Å²) in [6, 6.07) is 22.4. The van der Waals surface area contributed by atoms with E-state index in [1.54, 1.807) is 0 Å². The zero-order valence-corrected chi connectivity index (χ0v) is 23.9. The standard InChI is InChI=1S/C32H36N6O2/c1-19(2)25-10-8-11-26(16-25)21(4)33-32(39)27-13-14-30-29(17-27)20(3)22(5)38(30)18-24-9-7-12-28(15-24)40-23(6)31-34-36-37-35-31/h7-17,19,21,23H,18H2,1-6H3,(H,33,39)(H,34,35,36,37)/t21-,23-/m0/s1. The molecule has 0 fully saturated rings. The molecule has 1 amide bonds. The Hall–Kier alpha value is -4.46. The minimum absolute atomic E-state index is 0.0743. The maximum atomic E-state index is 13.2. The monoisotopic (exact) mass is 536 g/mol. The van der Waals surface area contributed by atoms with Crippen molar-refractivity contribution in [3.8, 4) is 5.75 Å². The molecule has 0 aliphatic heterocycles. The highest BCUT2D eigenvalue weighted by atomic mass is 16.5. The van der Waals surface area contributed by atoms with Crippen LogP contribution in [0.5, 0.6) is 5.75 Å². The van der Waals surface area contributed by atoms with Crippen LogP contribution in [0.1, 0.15) is 89.9 Å². The number of H-pyrrole nitrogens is 1. The molecule has 8 nitrogen and oxygen atoms in total. The molecule has 5 aromatic rings. The van der Waals surface area contributed by atoms with Crippen LogP contribution in [0.4, 0.5) is 0 Å². The first-order valence-electron chi connectivity index (χ1n) is 13.7. The molecule has 0 spiro atoms. The molecule has 3 aromatic carbocycles. The Balaban J connectivity index is 1.35. The summed E-state index contributed by atoms with van der Waals surface area (Å²) in [5, 5.41) is 18.3. The summed E-state index contributed by atoms with van der Waals surface area (Å²) < 4.78 is 8.33. The van der Waals surface area contributed by atoms with Crippen molar-refractivity contribution in [1.82, 2.24) is 30.5 Å². The molecule has 2 N–H and O–H groups in total. The normalized spacial score (nSPS) is 13.0. The Labute approximate surface area is 234 Å². The second-order valence-corrected chi connectivity index (χ2v) is 10.7. The van der Waals surface area contributed by atoms with Gasteiger partial charge >= 0.3 is 0 Å². The number of aryl methyl sites for hydroxylation is 1. The van der Waals surface area contributed by atoms with Crippen molar-refractivity contribution >= 4 is 16.8 Å². The number of fused-ring (bicyclic) bond motifs is 1. The number of amides is 1. The SMILES string of the molecule is Cc1c(C)n(Cc2cccc(O[C@@H](C)c3nn[nH]n3)c2)c2ccc(C(=O)N[C@@H](C)c3cccc(C(C)C)c3)cc12. The summed E-state index contributed by atoms with van der Waals surface area (Å²) >= 11 is 0. The first-order chi connectivity index (χ1) is 19.2. The van der Waals surface area contributed by atoms with E-state index in [0.717, 1.165) is 33.5 Å². The molecule has 0 aliphatic rings. The van der Waals surface area contributed by atoms with E-state index < -0.39 is 0 Å². The van der Waals surface area contributed by atoms with Crippen LogP contribution in [0.2, 0.25) is 0 Å². The minimum Gasteiger partial charge on any atom is -0.483 e. The van der Waals surface area contributed by atoms with E-state index >= 15 is 0 Å². The summed E-state index contributed by atoms with van der Waals surface area (Å²) in [5.41, 5.74) is 7.57. The van der Waals surface area contributed by atoms with Crippen LogP contribution >= 0.6 is 0 Å². The lowest BCUT2D eigenvalue weighted by Crippen LogP contribution is -2.26. The number of tetrazole rings is 1. The Morgan fingerprint density at radius 3 is 2.50 bits per heavy atom. The van der Waals surface area contributed by atoms with Gasteiger partial charge in [-0.15, -0.1) is 10.2 Å². The van der Waals surface area contributed by atoms with Gasteiger partial charge in [-0.1, -0.05) is 55.5 Å². The molecule has 2 atom stereocenters. The molecular weight excluding hydrogens is 500 g/mol. The number of nitrogens with one attached hydrogen (secondary N) is 2. The number of hydrogen-bond donors (Lipinski definition) is 2. The summed E-state index contributed by atoms with van der Waals surface area (Å²) in [4.78, 5) is 13.2. The van der Waals surface area contributed by atoms with Crippen LogP contribution in [0.15, 0.2) is 66.7 Å². The van der Waals surface area contributed by atoms with Crippen molar-refractivity contribution in [2.45, 2.75) is 66.2 Å². The number of aromatic nitrogens is 5. The number of aromatic amines is 1. The molecule has 0 radical (unpaired) electrons. The molecule has 0 saturated heterocycles. The smallest absolute Gasteiger partial charge is 0.251 e. The molecule has 40 heavy (non-hydrogen) atoms. The second-order valence-electron chi connectivity index (χ2n) is 10.7. The highest BCUT2D eigenvalue weighted by Gasteiger charge is 2.17. The van der Waals surface area contributed by atoms with Crippen molar-refractivity contribution in [1.29, 1.82) is 0 Å². The molecule has 206 valence electrons. The van der Waals surface area contributed by atoms with Gasteiger partial charge in [-0.2, -0.15) is 5.21 Å². The number of hydrogen-bond acceptors (Lipinski definition) is 5. The summed E-state index contributed by atoms with van der Waals surface area (Å²) in [6.45, 7) is 13.2. The van der Waals surface area contributed by atoms with Gasteiger partial charge in [-0.3, -0.25) is 4.79 Å². The van der Waals surface area contributed by atoms with Gasteiger partial charge in [0.2, 0.25) is 5.82 Å². The fraction of sp³-hybridized carbons (Fsp3) is 0.312. The highest BCUT2D eigenvalue weighted by molar-refractivity contribution is 5.99.